The number of nitrogens with one attached hydrogen (secondary N) is 1. The first-order valence-corrected chi connectivity index (χ1v) is 6.69. The van der Waals surface area contributed by atoms with Crippen LogP contribution in [0.2, 0.25) is 0 Å². The number of carbonyl (C=O) groups excluding carboxylic acids is 1. The van der Waals surface area contributed by atoms with Crippen molar-refractivity contribution >= 4 is 15.4 Å². The second-order valence-corrected chi connectivity index (χ2v) is 4.37. The van der Waals surface area contributed by atoms with Gasteiger partial charge in [-0.25, -0.2) is 0 Å². The second kappa shape index (κ2) is 8.67. The largest absolute Gasteiger partial charge is 0.496 e. The molecule has 0 aliphatic rings. The van der Waals surface area contributed by atoms with Crippen molar-refractivity contribution in [2.75, 3.05) is 34.9 Å². The third kappa shape index (κ3) is 5.04. The molecule has 1 atom stereocenters. The maximum atomic E-state index is 11.2. The fourth-order valence-electron chi connectivity index (χ4n) is 1.68. The number of likely N-dealkylation sites (N-methyl/N-ethyl adjacent to an activating group) is 1. The first kappa shape index (κ1) is 17.5. The van der Waals surface area contributed by atoms with E-state index in [0.717, 1.165) is 5.56 Å². The summed E-state index contributed by atoms with van der Waals surface area (Å²) in [5.41, 5.74) is 0.817. The van der Waals surface area contributed by atoms with Crippen LogP contribution in [0.1, 0.15) is 5.56 Å². The van der Waals surface area contributed by atoms with E-state index in [2.05, 4.69) is 14.8 Å². The third-order valence-electron chi connectivity index (χ3n) is 2.79. The lowest BCUT2D eigenvalue weighted by Crippen LogP contribution is -2.24. The van der Waals surface area contributed by atoms with Crippen molar-refractivity contribution in [3.8, 4) is 17.2 Å². The average molecular weight is 316 g/mol. The van der Waals surface area contributed by atoms with Crippen LogP contribution in [0.15, 0.2) is 12.1 Å². The van der Waals surface area contributed by atoms with Gasteiger partial charge in [-0.15, -0.1) is 0 Å². The predicted molar refractivity (Wildman–Crippen MR) is 81.4 cm³/mol. The molecule has 1 aromatic carbocycles. The van der Waals surface area contributed by atoms with Gasteiger partial charge >= 0.3 is 0 Å². The van der Waals surface area contributed by atoms with Gasteiger partial charge in [-0.3, -0.25) is 9.42 Å². The van der Waals surface area contributed by atoms with Crippen LogP contribution in [-0.2, 0) is 16.0 Å². The van der Waals surface area contributed by atoms with E-state index >= 15 is 0 Å². The molecule has 0 radical (unpaired) electrons. The summed E-state index contributed by atoms with van der Waals surface area (Å²) >= 11 is 0. The lowest BCUT2D eigenvalue weighted by molar-refractivity contribution is -0.122. The summed E-state index contributed by atoms with van der Waals surface area (Å²) in [6, 6.07) is 3.41. The molecule has 1 aromatic rings. The van der Waals surface area contributed by atoms with Gasteiger partial charge in [0.15, 0.2) is 6.61 Å². The van der Waals surface area contributed by atoms with Crippen molar-refractivity contribution in [2.45, 2.75) is 6.54 Å². The summed E-state index contributed by atoms with van der Waals surface area (Å²) in [6.45, 7) is 0.391. The SMILES string of the molecule is CNC(=O)COc1cc(OC)c(CN(C)OP)c(OC)c1. The van der Waals surface area contributed by atoms with Crippen LogP contribution in [-0.4, -0.2) is 45.9 Å². The average Bonchev–Trinajstić information content (AvgIpc) is 2.52. The van der Waals surface area contributed by atoms with E-state index in [4.69, 9.17) is 18.8 Å². The van der Waals surface area contributed by atoms with Crippen LogP contribution in [0.3, 0.4) is 0 Å². The number of hydrogen-bond acceptors (Lipinski definition) is 6. The molecule has 1 N–H and O–H groups in total. The molecule has 118 valence electrons. The van der Waals surface area contributed by atoms with Crippen molar-refractivity contribution in [3.63, 3.8) is 0 Å². The first-order valence-electron chi connectivity index (χ1n) is 6.22. The molecule has 1 amide bonds. The Kier molecular flexibility index (Phi) is 7.22. The normalized spacial score (nSPS) is 10.4. The summed E-state index contributed by atoms with van der Waals surface area (Å²) in [4.78, 5) is 11.2. The number of rotatable bonds is 8. The fraction of sp³-hybridized carbons (Fsp3) is 0.462. The lowest BCUT2D eigenvalue weighted by atomic mass is 10.1. The molecule has 1 rings (SSSR count). The Labute approximate surface area is 126 Å². The summed E-state index contributed by atoms with van der Waals surface area (Å²) < 4.78 is 21.2. The molecule has 0 spiro atoms. The molecule has 0 heterocycles. The van der Waals surface area contributed by atoms with E-state index in [1.54, 1.807) is 45.5 Å². The quantitative estimate of drug-likeness (QED) is 0.570. The molecule has 0 fully saturated rings. The van der Waals surface area contributed by atoms with Crippen molar-refractivity contribution in [1.82, 2.24) is 10.4 Å². The Bertz CT molecular complexity index is 459. The zero-order valence-electron chi connectivity index (χ0n) is 12.6. The molecule has 0 aliphatic carbocycles. The number of carbonyl (C=O) groups is 1. The Morgan fingerprint density at radius 3 is 2.29 bits per heavy atom. The summed E-state index contributed by atoms with van der Waals surface area (Å²) in [5, 5.41) is 4.09. The van der Waals surface area contributed by atoms with Crippen molar-refractivity contribution in [2.24, 2.45) is 0 Å². The molecule has 8 heteroatoms. The monoisotopic (exact) mass is 316 g/mol. The molecule has 0 saturated heterocycles. The molecular formula is C13H21N2O5P. The smallest absolute Gasteiger partial charge is 0.257 e. The van der Waals surface area contributed by atoms with Gasteiger partial charge in [0.05, 0.1) is 26.3 Å². The van der Waals surface area contributed by atoms with E-state index < -0.39 is 0 Å². The van der Waals surface area contributed by atoms with Crippen molar-refractivity contribution in [1.29, 1.82) is 0 Å². The van der Waals surface area contributed by atoms with E-state index in [1.807, 2.05) is 0 Å². The van der Waals surface area contributed by atoms with Crippen LogP contribution >= 0.6 is 9.47 Å². The van der Waals surface area contributed by atoms with Gasteiger partial charge in [-0.1, -0.05) is 0 Å². The van der Waals surface area contributed by atoms with E-state index in [9.17, 15) is 4.79 Å². The number of methoxy groups -OCH3 is 2. The molecule has 0 aliphatic heterocycles. The van der Waals surface area contributed by atoms with Gasteiger partial charge in [0.1, 0.15) is 17.2 Å². The minimum absolute atomic E-state index is 0.0726. The van der Waals surface area contributed by atoms with Crippen LogP contribution < -0.4 is 19.5 Å². The molecule has 7 nitrogen and oxygen atoms in total. The Morgan fingerprint density at radius 1 is 1.29 bits per heavy atom. The lowest BCUT2D eigenvalue weighted by Gasteiger charge is -2.19. The Morgan fingerprint density at radius 2 is 1.86 bits per heavy atom. The Hall–Kier alpha value is -1.56. The second-order valence-electron chi connectivity index (χ2n) is 4.16. The summed E-state index contributed by atoms with van der Waals surface area (Å²) in [6.07, 6.45) is 0. The summed E-state index contributed by atoms with van der Waals surface area (Å²) in [7, 11) is 8.62. The number of hydroxylamine groups is 2. The molecule has 1 unspecified atom stereocenters. The topological polar surface area (TPSA) is 69.3 Å². The zero-order chi connectivity index (χ0) is 15.8. The minimum Gasteiger partial charge on any atom is -0.496 e. The highest BCUT2D eigenvalue weighted by atomic mass is 31.0. The summed E-state index contributed by atoms with van der Waals surface area (Å²) in [5.74, 6) is 1.46. The molecule has 0 bridgehead atoms. The third-order valence-corrected chi connectivity index (χ3v) is 3.15. The van der Waals surface area contributed by atoms with Crippen LogP contribution in [0.4, 0.5) is 0 Å². The molecular weight excluding hydrogens is 295 g/mol. The number of ether oxygens (including phenoxy) is 3. The predicted octanol–water partition coefficient (Wildman–Crippen LogP) is 0.982. The number of hydrogen-bond donors (Lipinski definition) is 1. The van der Waals surface area contributed by atoms with Gasteiger partial charge in [0.25, 0.3) is 5.91 Å². The van der Waals surface area contributed by atoms with Gasteiger partial charge < -0.3 is 19.5 Å². The number of nitrogens with zero attached hydrogens (tertiary/aromatic N) is 1. The van der Waals surface area contributed by atoms with E-state index in [1.165, 1.54) is 0 Å². The minimum atomic E-state index is -0.215. The van der Waals surface area contributed by atoms with Crippen LogP contribution in [0.25, 0.3) is 0 Å². The van der Waals surface area contributed by atoms with Crippen molar-refractivity contribution < 1.29 is 23.6 Å². The highest BCUT2D eigenvalue weighted by Gasteiger charge is 2.15. The van der Waals surface area contributed by atoms with Crippen LogP contribution in [0, 0.1) is 0 Å². The highest BCUT2D eigenvalue weighted by molar-refractivity contribution is 7.09. The maximum absolute atomic E-state index is 11.2. The van der Waals surface area contributed by atoms with Crippen molar-refractivity contribution in [3.05, 3.63) is 17.7 Å². The fourth-order valence-corrected chi connectivity index (χ4v) is 1.75. The zero-order valence-corrected chi connectivity index (χ0v) is 13.8. The number of benzene rings is 1. The van der Waals surface area contributed by atoms with E-state index in [-0.39, 0.29) is 12.5 Å². The van der Waals surface area contributed by atoms with Gasteiger partial charge in [-0.2, -0.15) is 5.06 Å². The molecule has 21 heavy (non-hydrogen) atoms. The molecule has 0 aromatic heterocycles. The van der Waals surface area contributed by atoms with Gasteiger partial charge in [0, 0.05) is 35.7 Å². The standard InChI is InChI=1S/C13H21N2O5P/c1-14-13(16)8-19-9-5-11(17-3)10(7-15(2)20-21)12(6-9)18-4/h5-6H,7-8,21H2,1-4H3,(H,14,16). The highest BCUT2D eigenvalue weighted by Crippen LogP contribution is 2.35. The van der Waals surface area contributed by atoms with Gasteiger partial charge in [-0.05, 0) is 0 Å². The number of amides is 1. The van der Waals surface area contributed by atoms with Gasteiger partial charge in [0.2, 0.25) is 0 Å². The van der Waals surface area contributed by atoms with Crippen LogP contribution in [0.5, 0.6) is 17.2 Å². The molecule has 0 saturated carbocycles. The van der Waals surface area contributed by atoms with E-state index in [0.29, 0.717) is 23.8 Å². The maximum Gasteiger partial charge on any atom is 0.257 e. The first-order chi connectivity index (χ1) is 10.0. The Balaban J connectivity index is 3.02.